The first-order chi connectivity index (χ1) is 8.00. The van der Waals surface area contributed by atoms with Crippen LogP contribution in [0.3, 0.4) is 0 Å². The van der Waals surface area contributed by atoms with Crippen molar-refractivity contribution in [3.05, 3.63) is 35.9 Å². The van der Waals surface area contributed by atoms with Gasteiger partial charge in [-0.3, -0.25) is 0 Å². The Bertz CT molecular complexity index is 353. The standard InChI is InChI=1S/C13H18O4.Na/c1-9(14)12(15)8-11(13(16)17)7-10-5-3-2-4-6-10;/h2-6,9,11-12,14-15H,7-8H2,1H3,(H,16,17);/q;+1/p-1/t9-,11+,12-;/m0./s1. The van der Waals surface area contributed by atoms with Crippen LogP contribution in [0.25, 0.3) is 0 Å². The topological polar surface area (TPSA) is 80.6 Å². The Balaban J connectivity index is 0.00000289. The number of hydrogen-bond acceptors (Lipinski definition) is 4. The van der Waals surface area contributed by atoms with Gasteiger partial charge in [0, 0.05) is 11.9 Å². The van der Waals surface area contributed by atoms with Crippen molar-refractivity contribution in [3.63, 3.8) is 0 Å². The van der Waals surface area contributed by atoms with Crippen molar-refractivity contribution in [1.82, 2.24) is 0 Å². The zero-order valence-corrected chi connectivity index (χ0v) is 12.7. The minimum Gasteiger partial charge on any atom is -0.550 e. The molecular formula is C13H17NaO4. The molecule has 1 aromatic carbocycles. The number of carboxylic acid groups (broad SMARTS) is 1. The Morgan fingerprint density at radius 2 is 1.83 bits per heavy atom. The molecule has 0 heterocycles. The van der Waals surface area contributed by atoms with Gasteiger partial charge in [-0.05, 0) is 25.3 Å². The van der Waals surface area contributed by atoms with Gasteiger partial charge in [0.05, 0.1) is 12.2 Å². The molecule has 0 saturated carbocycles. The monoisotopic (exact) mass is 260 g/mol. The van der Waals surface area contributed by atoms with E-state index < -0.39 is 24.1 Å². The summed E-state index contributed by atoms with van der Waals surface area (Å²) in [5, 5.41) is 29.6. The third-order valence-corrected chi connectivity index (χ3v) is 2.74. The first-order valence-electron chi connectivity index (χ1n) is 5.61. The van der Waals surface area contributed by atoms with Crippen molar-refractivity contribution in [2.45, 2.75) is 32.0 Å². The number of hydrogen-bond donors (Lipinski definition) is 2. The molecule has 1 aromatic rings. The molecule has 0 radical (unpaired) electrons. The fourth-order valence-corrected chi connectivity index (χ4v) is 1.65. The van der Waals surface area contributed by atoms with Gasteiger partial charge in [-0.15, -0.1) is 0 Å². The van der Waals surface area contributed by atoms with Crippen LogP contribution in [-0.4, -0.2) is 28.4 Å². The first-order valence-corrected chi connectivity index (χ1v) is 5.61. The van der Waals surface area contributed by atoms with Gasteiger partial charge in [-0.1, -0.05) is 30.3 Å². The molecule has 18 heavy (non-hydrogen) atoms. The smallest absolute Gasteiger partial charge is 0.550 e. The molecule has 3 atom stereocenters. The molecule has 0 aliphatic rings. The van der Waals surface area contributed by atoms with Crippen molar-refractivity contribution in [2.24, 2.45) is 5.92 Å². The maximum absolute atomic E-state index is 11.0. The van der Waals surface area contributed by atoms with Crippen molar-refractivity contribution < 1.29 is 49.7 Å². The molecule has 0 aliphatic heterocycles. The Hall–Kier alpha value is -0.390. The van der Waals surface area contributed by atoms with Gasteiger partial charge in [0.2, 0.25) is 0 Å². The van der Waals surface area contributed by atoms with E-state index >= 15 is 0 Å². The molecule has 0 fully saturated rings. The fraction of sp³-hybridized carbons (Fsp3) is 0.462. The molecule has 0 spiro atoms. The number of aliphatic hydroxyl groups excluding tert-OH is 2. The number of carbonyl (C=O) groups is 1. The quantitative estimate of drug-likeness (QED) is 0.526. The van der Waals surface area contributed by atoms with Crippen molar-refractivity contribution in [3.8, 4) is 0 Å². The number of rotatable bonds is 6. The predicted octanol–water partition coefficient (Wildman–Crippen LogP) is -3.27. The molecule has 0 aromatic heterocycles. The number of aliphatic hydroxyl groups is 2. The van der Waals surface area contributed by atoms with Gasteiger partial charge in [-0.2, -0.15) is 0 Å². The average molecular weight is 260 g/mol. The summed E-state index contributed by atoms with van der Waals surface area (Å²) < 4.78 is 0. The van der Waals surface area contributed by atoms with Gasteiger partial charge in [0.1, 0.15) is 0 Å². The summed E-state index contributed by atoms with van der Waals surface area (Å²) in [5.74, 6) is -1.99. The molecule has 5 heteroatoms. The van der Waals surface area contributed by atoms with Crippen LogP contribution >= 0.6 is 0 Å². The van der Waals surface area contributed by atoms with Crippen LogP contribution in [0.5, 0.6) is 0 Å². The SMILES string of the molecule is C[C@H](O)[C@@H](O)C[C@@H](Cc1ccccc1)C(=O)[O-].[Na+]. The van der Waals surface area contributed by atoms with Gasteiger partial charge in [0.25, 0.3) is 0 Å². The van der Waals surface area contributed by atoms with E-state index in [0.717, 1.165) is 5.56 Å². The Morgan fingerprint density at radius 1 is 1.28 bits per heavy atom. The fourth-order valence-electron chi connectivity index (χ4n) is 1.65. The third kappa shape index (κ3) is 5.98. The second-order valence-electron chi connectivity index (χ2n) is 4.25. The second-order valence-corrected chi connectivity index (χ2v) is 4.25. The van der Waals surface area contributed by atoms with E-state index in [9.17, 15) is 15.0 Å². The molecule has 0 amide bonds. The van der Waals surface area contributed by atoms with E-state index in [1.165, 1.54) is 6.92 Å². The molecule has 94 valence electrons. The van der Waals surface area contributed by atoms with E-state index in [-0.39, 0.29) is 36.0 Å². The van der Waals surface area contributed by atoms with E-state index in [4.69, 9.17) is 5.11 Å². The van der Waals surface area contributed by atoms with E-state index in [1.54, 1.807) is 0 Å². The van der Waals surface area contributed by atoms with Crippen LogP contribution in [0.1, 0.15) is 18.9 Å². The third-order valence-electron chi connectivity index (χ3n) is 2.74. The summed E-state index contributed by atoms with van der Waals surface area (Å²) in [6, 6.07) is 9.15. The number of aliphatic carboxylic acids is 1. The zero-order valence-electron chi connectivity index (χ0n) is 10.7. The summed E-state index contributed by atoms with van der Waals surface area (Å²) >= 11 is 0. The first kappa shape index (κ1) is 17.6. The van der Waals surface area contributed by atoms with Gasteiger partial charge in [0.15, 0.2) is 0 Å². The van der Waals surface area contributed by atoms with Crippen LogP contribution < -0.4 is 34.7 Å². The van der Waals surface area contributed by atoms with E-state index in [2.05, 4.69) is 0 Å². The predicted molar refractivity (Wildman–Crippen MR) is 60.9 cm³/mol. The summed E-state index contributed by atoms with van der Waals surface area (Å²) in [6.07, 6.45) is -1.68. The van der Waals surface area contributed by atoms with Crippen LogP contribution in [-0.2, 0) is 11.2 Å². The summed E-state index contributed by atoms with van der Waals surface area (Å²) in [7, 11) is 0. The molecule has 2 N–H and O–H groups in total. The van der Waals surface area contributed by atoms with Crippen LogP contribution in [0.2, 0.25) is 0 Å². The molecule has 0 aliphatic carbocycles. The molecule has 4 nitrogen and oxygen atoms in total. The van der Waals surface area contributed by atoms with Crippen LogP contribution in [0, 0.1) is 5.92 Å². The van der Waals surface area contributed by atoms with E-state index in [1.807, 2.05) is 30.3 Å². The van der Waals surface area contributed by atoms with Gasteiger partial charge < -0.3 is 20.1 Å². The number of carbonyl (C=O) groups excluding carboxylic acids is 1. The summed E-state index contributed by atoms with van der Waals surface area (Å²) in [4.78, 5) is 11.0. The molecule has 0 bridgehead atoms. The number of carboxylic acids is 1. The normalized spacial score (nSPS) is 15.3. The summed E-state index contributed by atoms with van der Waals surface area (Å²) in [5.41, 5.74) is 0.875. The molecule has 1 rings (SSSR count). The van der Waals surface area contributed by atoms with E-state index in [0.29, 0.717) is 6.42 Å². The Morgan fingerprint density at radius 3 is 2.28 bits per heavy atom. The van der Waals surface area contributed by atoms with Crippen LogP contribution in [0.4, 0.5) is 0 Å². The Labute approximate surface area is 129 Å². The minimum absolute atomic E-state index is 0. The van der Waals surface area contributed by atoms with Crippen molar-refractivity contribution in [1.29, 1.82) is 0 Å². The zero-order chi connectivity index (χ0) is 12.8. The number of benzene rings is 1. The van der Waals surface area contributed by atoms with Gasteiger partial charge in [-0.25, -0.2) is 0 Å². The molecule has 0 unspecified atom stereocenters. The molecular weight excluding hydrogens is 243 g/mol. The summed E-state index contributed by atoms with van der Waals surface area (Å²) in [6.45, 7) is 1.43. The molecule has 0 saturated heterocycles. The average Bonchev–Trinajstić information content (AvgIpc) is 2.29. The van der Waals surface area contributed by atoms with Gasteiger partial charge >= 0.3 is 29.6 Å². The largest absolute Gasteiger partial charge is 1.00 e. The van der Waals surface area contributed by atoms with Crippen molar-refractivity contribution in [2.75, 3.05) is 0 Å². The van der Waals surface area contributed by atoms with Crippen molar-refractivity contribution >= 4 is 5.97 Å². The van der Waals surface area contributed by atoms with Crippen LogP contribution in [0.15, 0.2) is 30.3 Å². The minimum atomic E-state index is -1.20. The Kier molecular flexibility index (Phi) is 8.48. The second kappa shape index (κ2) is 8.67. The maximum Gasteiger partial charge on any atom is 1.00 e. The maximum atomic E-state index is 11.0.